The maximum atomic E-state index is 11.6. The summed E-state index contributed by atoms with van der Waals surface area (Å²) >= 11 is 11.9. The van der Waals surface area contributed by atoms with Crippen LogP contribution in [0.15, 0.2) is 36.5 Å². The number of rotatable bonds is 9. The van der Waals surface area contributed by atoms with E-state index < -0.39 is 11.6 Å². The van der Waals surface area contributed by atoms with Gasteiger partial charge in [-0.25, -0.2) is 9.78 Å². The van der Waals surface area contributed by atoms with Crippen LogP contribution in [-0.4, -0.2) is 41.5 Å². The van der Waals surface area contributed by atoms with Crippen LogP contribution >= 0.6 is 23.2 Å². The van der Waals surface area contributed by atoms with Gasteiger partial charge in [0.15, 0.2) is 5.60 Å². The molecular weight excluding hydrogens is 405 g/mol. The van der Waals surface area contributed by atoms with Crippen molar-refractivity contribution in [1.82, 2.24) is 4.98 Å². The largest absolute Gasteiger partial charge is 0.492 e. The van der Waals surface area contributed by atoms with Gasteiger partial charge >= 0.3 is 5.97 Å². The van der Waals surface area contributed by atoms with Crippen molar-refractivity contribution in [2.75, 3.05) is 19.8 Å². The summed E-state index contributed by atoms with van der Waals surface area (Å²) < 4.78 is 16.8. The van der Waals surface area contributed by atoms with E-state index in [0.717, 1.165) is 12.0 Å². The fraction of sp³-hybridized carbons (Fsp3) is 0.400. The molecule has 0 saturated carbocycles. The zero-order chi connectivity index (χ0) is 20.0. The minimum Gasteiger partial charge on any atom is -0.492 e. The number of carbonyl (C=O) groups is 1. The average molecular weight is 426 g/mol. The summed E-state index contributed by atoms with van der Waals surface area (Å²) in [4.78, 5) is 15.8. The van der Waals surface area contributed by atoms with Crippen molar-refractivity contribution < 1.29 is 24.1 Å². The van der Waals surface area contributed by atoms with Crippen molar-refractivity contribution in [3.05, 3.63) is 52.1 Å². The molecule has 0 bridgehead atoms. The third-order valence-electron chi connectivity index (χ3n) is 4.47. The minimum atomic E-state index is -1.15. The van der Waals surface area contributed by atoms with Gasteiger partial charge in [0, 0.05) is 36.7 Å². The molecular formula is C20H21Cl2NO5. The summed E-state index contributed by atoms with van der Waals surface area (Å²) in [5, 5.41) is 10.5. The minimum absolute atomic E-state index is 0.291. The summed E-state index contributed by atoms with van der Waals surface area (Å²) in [5.41, 5.74) is -0.330. The SMILES string of the molecule is O=C(O)C1(Cc2ccnc(OCCCOc3ccc(Cl)cc3Cl)c2)CCCO1. The molecule has 2 heterocycles. The predicted molar refractivity (Wildman–Crippen MR) is 106 cm³/mol. The summed E-state index contributed by atoms with van der Waals surface area (Å²) in [6, 6.07) is 8.60. The van der Waals surface area contributed by atoms with Gasteiger partial charge in [-0.2, -0.15) is 0 Å². The van der Waals surface area contributed by atoms with Gasteiger partial charge in [0.1, 0.15) is 5.75 Å². The van der Waals surface area contributed by atoms with Crippen LogP contribution < -0.4 is 9.47 Å². The lowest BCUT2D eigenvalue weighted by Crippen LogP contribution is -2.40. The van der Waals surface area contributed by atoms with Gasteiger partial charge in [0.2, 0.25) is 5.88 Å². The van der Waals surface area contributed by atoms with Gasteiger partial charge in [-0.15, -0.1) is 0 Å². The third-order valence-corrected chi connectivity index (χ3v) is 5.00. The fourth-order valence-electron chi connectivity index (χ4n) is 3.06. The molecule has 1 unspecified atom stereocenters. The number of aromatic nitrogens is 1. The maximum absolute atomic E-state index is 11.6. The van der Waals surface area contributed by atoms with Gasteiger partial charge < -0.3 is 19.3 Å². The molecule has 1 fully saturated rings. The Morgan fingerprint density at radius 2 is 2.04 bits per heavy atom. The lowest BCUT2D eigenvalue weighted by molar-refractivity contribution is -0.159. The van der Waals surface area contributed by atoms with E-state index in [0.29, 0.717) is 60.8 Å². The van der Waals surface area contributed by atoms with Gasteiger partial charge in [-0.05, 0) is 42.7 Å². The van der Waals surface area contributed by atoms with Crippen LogP contribution in [0.5, 0.6) is 11.6 Å². The number of carboxylic acids is 1. The van der Waals surface area contributed by atoms with Crippen LogP contribution in [0, 0.1) is 0 Å². The molecule has 1 saturated heterocycles. The average Bonchev–Trinajstić information content (AvgIpc) is 3.13. The molecule has 1 aromatic carbocycles. The van der Waals surface area contributed by atoms with E-state index in [1.54, 1.807) is 36.5 Å². The maximum Gasteiger partial charge on any atom is 0.336 e. The van der Waals surface area contributed by atoms with E-state index in [-0.39, 0.29) is 0 Å². The van der Waals surface area contributed by atoms with E-state index in [4.69, 9.17) is 37.4 Å². The van der Waals surface area contributed by atoms with Crippen LogP contribution in [0.4, 0.5) is 0 Å². The first kappa shape index (κ1) is 20.7. The lowest BCUT2D eigenvalue weighted by Gasteiger charge is -2.23. The molecule has 1 atom stereocenters. The molecule has 6 nitrogen and oxygen atoms in total. The molecule has 0 aliphatic carbocycles. The van der Waals surface area contributed by atoms with Crippen LogP contribution in [0.1, 0.15) is 24.8 Å². The molecule has 3 rings (SSSR count). The van der Waals surface area contributed by atoms with Crippen LogP contribution in [0.25, 0.3) is 0 Å². The normalized spacial score (nSPS) is 18.8. The van der Waals surface area contributed by atoms with Crippen molar-refractivity contribution in [2.45, 2.75) is 31.3 Å². The molecule has 1 N–H and O–H groups in total. The van der Waals surface area contributed by atoms with E-state index >= 15 is 0 Å². The van der Waals surface area contributed by atoms with Crippen molar-refractivity contribution >= 4 is 29.2 Å². The highest BCUT2D eigenvalue weighted by atomic mass is 35.5. The Bertz CT molecular complexity index is 824. The van der Waals surface area contributed by atoms with Crippen LogP contribution in [-0.2, 0) is 16.0 Å². The van der Waals surface area contributed by atoms with Gasteiger partial charge in [0.05, 0.1) is 18.2 Å². The van der Waals surface area contributed by atoms with Gasteiger partial charge in [-0.3, -0.25) is 0 Å². The second-order valence-electron chi connectivity index (χ2n) is 6.56. The van der Waals surface area contributed by atoms with Crippen molar-refractivity contribution in [2.24, 2.45) is 0 Å². The van der Waals surface area contributed by atoms with Crippen molar-refractivity contribution in [3.8, 4) is 11.6 Å². The first-order valence-electron chi connectivity index (χ1n) is 9.01. The highest BCUT2D eigenvalue weighted by Gasteiger charge is 2.42. The van der Waals surface area contributed by atoms with E-state index in [1.807, 2.05) is 0 Å². The summed E-state index contributed by atoms with van der Waals surface area (Å²) in [6.45, 7) is 1.30. The highest BCUT2D eigenvalue weighted by Crippen LogP contribution is 2.31. The Morgan fingerprint density at radius 1 is 1.21 bits per heavy atom. The number of carboxylic acid groups (broad SMARTS) is 1. The Morgan fingerprint density at radius 3 is 2.75 bits per heavy atom. The Kier molecular flexibility index (Phi) is 6.99. The number of aliphatic carboxylic acids is 1. The molecule has 0 spiro atoms. The number of benzene rings is 1. The Balaban J connectivity index is 1.47. The zero-order valence-electron chi connectivity index (χ0n) is 15.2. The molecule has 150 valence electrons. The van der Waals surface area contributed by atoms with E-state index in [9.17, 15) is 9.90 Å². The summed E-state index contributed by atoms with van der Waals surface area (Å²) in [6.07, 6.45) is 3.79. The second kappa shape index (κ2) is 9.45. The number of ether oxygens (including phenoxy) is 3. The molecule has 28 heavy (non-hydrogen) atoms. The number of nitrogens with zero attached hydrogens (tertiary/aromatic N) is 1. The lowest BCUT2D eigenvalue weighted by atomic mass is 9.92. The van der Waals surface area contributed by atoms with E-state index in [1.165, 1.54) is 0 Å². The van der Waals surface area contributed by atoms with Crippen LogP contribution in [0.2, 0.25) is 10.0 Å². The molecule has 1 aromatic heterocycles. The van der Waals surface area contributed by atoms with E-state index in [2.05, 4.69) is 4.98 Å². The summed E-state index contributed by atoms with van der Waals surface area (Å²) in [7, 11) is 0. The van der Waals surface area contributed by atoms with Gasteiger partial charge in [0.25, 0.3) is 0 Å². The zero-order valence-corrected chi connectivity index (χ0v) is 16.7. The first-order valence-corrected chi connectivity index (χ1v) is 9.77. The highest BCUT2D eigenvalue weighted by molar-refractivity contribution is 6.35. The molecule has 1 aliphatic rings. The number of hydrogen-bond donors (Lipinski definition) is 1. The number of halogens is 2. The molecule has 0 radical (unpaired) electrons. The molecule has 8 heteroatoms. The summed E-state index contributed by atoms with van der Waals surface area (Å²) in [5.74, 6) is 0.0876. The second-order valence-corrected chi connectivity index (χ2v) is 7.40. The fourth-order valence-corrected chi connectivity index (χ4v) is 3.52. The van der Waals surface area contributed by atoms with Crippen molar-refractivity contribution in [3.63, 3.8) is 0 Å². The van der Waals surface area contributed by atoms with Gasteiger partial charge in [-0.1, -0.05) is 23.2 Å². The topological polar surface area (TPSA) is 77.9 Å². The number of pyridine rings is 1. The monoisotopic (exact) mass is 425 g/mol. The molecule has 2 aromatic rings. The smallest absolute Gasteiger partial charge is 0.336 e. The third kappa shape index (κ3) is 5.28. The predicted octanol–water partition coefficient (Wildman–Crippen LogP) is 4.41. The molecule has 1 aliphatic heterocycles. The van der Waals surface area contributed by atoms with Crippen LogP contribution in [0.3, 0.4) is 0 Å². The first-order chi connectivity index (χ1) is 13.5. The van der Waals surface area contributed by atoms with Crippen molar-refractivity contribution in [1.29, 1.82) is 0 Å². The Hall–Kier alpha value is -2.02. The Labute approximate surface area is 173 Å². The quantitative estimate of drug-likeness (QED) is 0.599. The number of hydrogen-bond acceptors (Lipinski definition) is 5. The standard InChI is InChI=1S/C20H21Cl2NO5/c21-15-3-4-17(16(22)12-15)26-8-2-9-27-18-11-14(5-7-23-18)13-20(19(24)25)6-1-10-28-20/h3-5,7,11-12H,1-2,6,8-10,13H2,(H,24,25). The molecule has 0 amide bonds.